The Labute approximate surface area is 110 Å². The molecule has 0 saturated heterocycles. The number of hydrogen-bond donors (Lipinski definition) is 1. The first-order chi connectivity index (χ1) is 7.99. The summed E-state index contributed by atoms with van der Waals surface area (Å²) in [6.45, 7) is 3.76. The molecule has 0 aliphatic heterocycles. The molecule has 1 atom stereocenters. The second kappa shape index (κ2) is 4.69. The van der Waals surface area contributed by atoms with E-state index < -0.39 is 0 Å². The molecule has 0 spiro atoms. The Morgan fingerprint density at radius 1 is 1.29 bits per heavy atom. The molecule has 2 aromatic rings. The predicted octanol–water partition coefficient (Wildman–Crippen LogP) is 3.51. The molecule has 0 amide bonds. The van der Waals surface area contributed by atoms with Gasteiger partial charge >= 0.3 is 0 Å². The molecule has 2 N–H and O–H groups in total. The van der Waals surface area contributed by atoms with Crippen molar-refractivity contribution in [3.8, 4) is 5.69 Å². The van der Waals surface area contributed by atoms with E-state index in [0.717, 1.165) is 16.9 Å². The van der Waals surface area contributed by atoms with Crippen LogP contribution in [-0.4, -0.2) is 9.78 Å². The van der Waals surface area contributed by atoms with Gasteiger partial charge in [-0.2, -0.15) is 5.10 Å². The number of nitrogens with two attached hydrogens (primary N) is 1. The lowest BCUT2D eigenvalue weighted by Gasteiger charge is -2.10. The van der Waals surface area contributed by atoms with Crippen LogP contribution in [0.4, 0.5) is 0 Å². The van der Waals surface area contributed by atoms with Crippen molar-refractivity contribution in [1.82, 2.24) is 9.78 Å². The highest BCUT2D eigenvalue weighted by atomic mass is 35.5. The van der Waals surface area contributed by atoms with Crippen molar-refractivity contribution in [3.05, 3.63) is 45.7 Å². The maximum Gasteiger partial charge on any atom is 0.0819 e. The van der Waals surface area contributed by atoms with Gasteiger partial charge in [0.15, 0.2) is 0 Å². The maximum absolute atomic E-state index is 6.17. The van der Waals surface area contributed by atoms with E-state index in [1.165, 1.54) is 0 Å². The molecular weight excluding hydrogens is 257 g/mol. The molecule has 0 fully saturated rings. The zero-order chi connectivity index (χ0) is 12.6. The Bertz CT molecular complexity index is 527. The monoisotopic (exact) mass is 269 g/mol. The summed E-state index contributed by atoms with van der Waals surface area (Å²) in [6, 6.07) is 5.59. The summed E-state index contributed by atoms with van der Waals surface area (Å²) in [5.41, 5.74) is 8.39. The third kappa shape index (κ3) is 2.46. The normalized spacial score (nSPS) is 12.8. The van der Waals surface area contributed by atoms with Crippen molar-refractivity contribution in [2.24, 2.45) is 5.73 Å². The minimum Gasteiger partial charge on any atom is -0.324 e. The average molecular weight is 270 g/mol. The first-order valence-electron chi connectivity index (χ1n) is 5.26. The summed E-state index contributed by atoms with van der Waals surface area (Å²) >= 11 is 12.1. The Morgan fingerprint density at radius 2 is 2.00 bits per heavy atom. The van der Waals surface area contributed by atoms with Crippen molar-refractivity contribution < 1.29 is 0 Å². The quantitative estimate of drug-likeness (QED) is 0.907. The zero-order valence-electron chi connectivity index (χ0n) is 9.61. The van der Waals surface area contributed by atoms with Crippen LogP contribution in [-0.2, 0) is 0 Å². The Morgan fingerprint density at radius 3 is 2.47 bits per heavy atom. The molecule has 1 aromatic heterocycles. The third-order valence-electron chi connectivity index (χ3n) is 2.58. The minimum atomic E-state index is -0.0838. The van der Waals surface area contributed by atoms with Crippen molar-refractivity contribution in [1.29, 1.82) is 0 Å². The van der Waals surface area contributed by atoms with Crippen LogP contribution in [0.25, 0.3) is 5.69 Å². The molecular formula is C12H13Cl2N3. The molecule has 1 aromatic carbocycles. The molecule has 3 nitrogen and oxygen atoms in total. The smallest absolute Gasteiger partial charge is 0.0819 e. The molecule has 1 unspecified atom stereocenters. The first kappa shape index (κ1) is 12.4. The predicted molar refractivity (Wildman–Crippen MR) is 70.9 cm³/mol. The number of benzene rings is 1. The van der Waals surface area contributed by atoms with Gasteiger partial charge in [0.25, 0.3) is 0 Å². The molecule has 0 bridgehead atoms. The molecule has 0 aliphatic carbocycles. The van der Waals surface area contributed by atoms with Crippen LogP contribution in [0.1, 0.15) is 24.2 Å². The van der Waals surface area contributed by atoms with E-state index in [-0.39, 0.29) is 6.04 Å². The number of nitrogens with zero attached hydrogens (tertiary/aromatic N) is 2. The minimum absolute atomic E-state index is 0.0838. The van der Waals surface area contributed by atoms with E-state index in [0.29, 0.717) is 10.0 Å². The molecule has 90 valence electrons. The number of rotatable bonds is 2. The molecule has 0 saturated carbocycles. The van der Waals surface area contributed by atoms with E-state index in [4.69, 9.17) is 28.9 Å². The van der Waals surface area contributed by atoms with Crippen LogP contribution >= 0.6 is 23.2 Å². The second-order valence-corrected chi connectivity index (χ2v) is 4.82. The molecule has 0 aliphatic rings. The van der Waals surface area contributed by atoms with E-state index in [2.05, 4.69) is 5.10 Å². The number of hydrogen-bond acceptors (Lipinski definition) is 2. The van der Waals surface area contributed by atoms with Crippen LogP contribution < -0.4 is 5.73 Å². The second-order valence-electron chi connectivity index (χ2n) is 4.00. The topological polar surface area (TPSA) is 43.8 Å². The fraction of sp³-hybridized carbons (Fsp3) is 0.250. The largest absolute Gasteiger partial charge is 0.324 e. The first-order valence-corrected chi connectivity index (χ1v) is 6.02. The van der Waals surface area contributed by atoms with Crippen LogP contribution in [0.15, 0.2) is 24.4 Å². The Hall–Kier alpha value is -1.03. The Balaban J connectivity index is 2.44. The summed E-state index contributed by atoms with van der Waals surface area (Å²) in [5.74, 6) is 0. The molecule has 5 heteroatoms. The highest BCUT2D eigenvalue weighted by Gasteiger charge is 2.08. The third-order valence-corrected chi connectivity index (χ3v) is 3.28. The number of aryl methyl sites for hydroxylation is 1. The highest BCUT2D eigenvalue weighted by Crippen LogP contribution is 2.25. The number of halogens is 2. The Kier molecular flexibility index (Phi) is 3.43. The summed E-state index contributed by atoms with van der Waals surface area (Å²) in [7, 11) is 0. The zero-order valence-corrected chi connectivity index (χ0v) is 11.1. The fourth-order valence-electron chi connectivity index (χ4n) is 1.60. The molecule has 0 radical (unpaired) electrons. The molecule has 2 rings (SSSR count). The van der Waals surface area contributed by atoms with Crippen molar-refractivity contribution >= 4 is 23.2 Å². The lowest BCUT2D eigenvalue weighted by Crippen LogP contribution is -2.06. The van der Waals surface area contributed by atoms with Gasteiger partial charge in [-0.3, -0.25) is 0 Å². The van der Waals surface area contributed by atoms with Gasteiger partial charge in [0.1, 0.15) is 0 Å². The van der Waals surface area contributed by atoms with Gasteiger partial charge in [0, 0.05) is 17.3 Å². The van der Waals surface area contributed by atoms with E-state index in [1.54, 1.807) is 10.9 Å². The molecule has 1 heterocycles. The van der Waals surface area contributed by atoms with Gasteiger partial charge in [-0.25, -0.2) is 4.68 Å². The van der Waals surface area contributed by atoms with Gasteiger partial charge in [0.05, 0.1) is 16.4 Å². The van der Waals surface area contributed by atoms with Gasteiger partial charge < -0.3 is 5.73 Å². The van der Waals surface area contributed by atoms with Crippen molar-refractivity contribution in [2.45, 2.75) is 19.9 Å². The lowest BCUT2D eigenvalue weighted by atomic mass is 10.1. The van der Waals surface area contributed by atoms with Crippen LogP contribution in [0.2, 0.25) is 10.0 Å². The van der Waals surface area contributed by atoms with Crippen LogP contribution in [0.3, 0.4) is 0 Å². The van der Waals surface area contributed by atoms with E-state index in [9.17, 15) is 0 Å². The summed E-state index contributed by atoms with van der Waals surface area (Å²) in [5, 5.41) is 5.57. The van der Waals surface area contributed by atoms with Crippen molar-refractivity contribution in [3.63, 3.8) is 0 Å². The van der Waals surface area contributed by atoms with E-state index in [1.807, 2.05) is 32.0 Å². The van der Waals surface area contributed by atoms with Gasteiger partial charge in [-0.15, -0.1) is 0 Å². The SMILES string of the molecule is Cc1nn(-c2ccc(C(C)N)c(Cl)c2)cc1Cl. The van der Waals surface area contributed by atoms with Crippen LogP contribution in [0.5, 0.6) is 0 Å². The maximum atomic E-state index is 6.17. The van der Waals surface area contributed by atoms with Crippen molar-refractivity contribution in [2.75, 3.05) is 0 Å². The average Bonchev–Trinajstić information content (AvgIpc) is 2.58. The van der Waals surface area contributed by atoms with Crippen LogP contribution in [0, 0.1) is 6.92 Å². The summed E-state index contributed by atoms with van der Waals surface area (Å²) < 4.78 is 1.70. The highest BCUT2D eigenvalue weighted by molar-refractivity contribution is 6.31. The fourth-order valence-corrected chi connectivity index (χ4v) is 2.08. The van der Waals surface area contributed by atoms with E-state index >= 15 is 0 Å². The lowest BCUT2D eigenvalue weighted by molar-refractivity contribution is 0.813. The standard InChI is InChI=1S/C12H13Cl2N3/c1-7(15)10-4-3-9(5-11(10)13)17-6-12(14)8(2)16-17/h3-7H,15H2,1-2H3. The summed E-state index contributed by atoms with van der Waals surface area (Å²) in [4.78, 5) is 0. The summed E-state index contributed by atoms with van der Waals surface area (Å²) in [6.07, 6.45) is 1.76. The number of aromatic nitrogens is 2. The molecule has 17 heavy (non-hydrogen) atoms. The van der Waals surface area contributed by atoms with Gasteiger partial charge in [-0.05, 0) is 31.5 Å². The van der Waals surface area contributed by atoms with Gasteiger partial charge in [-0.1, -0.05) is 29.3 Å². The van der Waals surface area contributed by atoms with Gasteiger partial charge in [0.2, 0.25) is 0 Å².